The molecule has 1 aliphatic heterocycles. The standard InChI is InChI=1S/C13H5F3N2S.C4H8O2/c14-7-3-8(15)13-12(10(7)16)18-9(19-13)2-5-1-6-4-17-11(5)6;1-3(2)4(5)6/h1,3-4H,2H2;3H,1-2H3,(H,5,6). The van der Waals surface area contributed by atoms with Crippen molar-refractivity contribution in [1.82, 2.24) is 9.97 Å². The van der Waals surface area contributed by atoms with E-state index in [1.54, 1.807) is 20.0 Å². The van der Waals surface area contributed by atoms with Crippen molar-refractivity contribution in [3.05, 3.63) is 46.4 Å². The van der Waals surface area contributed by atoms with Gasteiger partial charge in [0.1, 0.15) is 11.3 Å². The highest BCUT2D eigenvalue weighted by molar-refractivity contribution is 7.18. The zero-order valence-corrected chi connectivity index (χ0v) is 14.1. The maximum atomic E-state index is 13.5. The largest absolute Gasteiger partial charge is 0.481 e. The van der Waals surface area contributed by atoms with Gasteiger partial charge in [-0.15, -0.1) is 11.3 Å². The third kappa shape index (κ3) is 3.21. The lowest BCUT2D eigenvalue weighted by atomic mass is 9.93. The Labute approximate surface area is 145 Å². The van der Waals surface area contributed by atoms with Gasteiger partial charge in [0.2, 0.25) is 0 Å². The second-order valence-corrected chi connectivity index (χ2v) is 6.92. The van der Waals surface area contributed by atoms with Crippen LogP contribution in [0.5, 0.6) is 0 Å². The minimum absolute atomic E-state index is 0.0557. The van der Waals surface area contributed by atoms with Gasteiger partial charge in [0, 0.05) is 24.2 Å². The molecule has 0 radical (unpaired) electrons. The molecule has 0 saturated heterocycles. The SMILES string of the molecule is CC(C)C(=O)O.Fc1cc(F)c2sc(Cc3cc4cnc3-4)nc2c1F. The van der Waals surface area contributed by atoms with Crippen LogP contribution in [0.25, 0.3) is 21.5 Å². The zero-order chi connectivity index (χ0) is 18.3. The van der Waals surface area contributed by atoms with E-state index in [1.807, 2.05) is 6.07 Å². The van der Waals surface area contributed by atoms with Crippen molar-refractivity contribution in [3.63, 3.8) is 0 Å². The van der Waals surface area contributed by atoms with E-state index >= 15 is 0 Å². The molecule has 4 rings (SSSR count). The Kier molecular flexibility index (Phi) is 4.47. The van der Waals surface area contributed by atoms with Crippen molar-refractivity contribution in [3.8, 4) is 11.3 Å². The molecule has 0 bridgehead atoms. The maximum absolute atomic E-state index is 13.5. The first-order valence-electron chi connectivity index (χ1n) is 7.43. The molecule has 2 aliphatic rings. The van der Waals surface area contributed by atoms with Gasteiger partial charge in [-0.2, -0.15) is 0 Å². The fourth-order valence-corrected chi connectivity index (χ4v) is 3.15. The van der Waals surface area contributed by atoms with Crippen LogP contribution in [0.3, 0.4) is 0 Å². The van der Waals surface area contributed by atoms with Crippen LogP contribution < -0.4 is 0 Å². The molecule has 0 unspecified atom stereocenters. The number of fused-ring (bicyclic) bond motifs is 2. The number of pyridine rings is 1. The maximum Gasteiger partial charge on any atom is 0.305 e. The van der Waals surface area contributed by atoms with Gasteiger partial charge >= 0.3 is 5.97 Å². The molecule has 8 heteroatoms. The predicted molar refractivity (Wildman–Crippen MR) is 88.0 cm³/mol. The second-order valence-electron chi connectivity index (χ2n) is 5.84. The van der Waals surface area contributed by atoms with Gasteiger partial charge in [0.15, 0.2) is 11.6 Å². The Hall–Kier alpha value is -2.48. The molecule has 1 aromatic heterocycles. The van der Waals surface area contributed by atoms with Crippen LogP contribution in [0.15, 0.2) is 18.3 Å². The molecule has 4 nitrogen and oxygen atoms in total. The monoisotopic (exact) mass is 366 g/mol. The first kappa shape index (κ1) is 17.3. The van der Waals surface area contributed by atoms with Crippen LogP contribution in [-0.2, 0) is 11.2 Å². The van der Waals surface area contributed by atoms with Crippen LogP contribution in [0, 0.1) is 23.4 Å². The Morgan fingerprint density at radius 3 is 2.40 bits per heavy atom. The van der Waals surface area contributed by atoms with Crippen molar-refractivity contribution in [2.75, 3.05) is 0 Å². The minimum atomic E-state index is -1.21. The average molecular weight is 366 g/mol. The lowest BCUT2D eigenvalue weighted by molar-refractivity contribution is -0.140. The molecular formula is C17H13F3N2O2S. The Balaban J connectivity index is 0.000000265. The summed E-state index contributed by atoms with van der Waals surface area (Å²) in [5, 5.41) is 8.54. The first-order valence-corrected chi connectivity index (χ1v) is 8.24. The second kappa shape index (κ2) is 6.44. The highest BCUT2D eigenvalue weighted by Crippen LogP contribution is 2.36. The normalized spacial score (nSPS) is 11.4. The van der Waals surface area contributed by atoms with Crippen molar-refractivity contribution in [1.29, 1.82) is 0 Å². The van der Waals surface area contributed by atoms with E-state index in [1.165, 1.54) is 0 Å². The summed E-state index contributed by atoms with van der Waals surface area (Å²) in [6, 6.07) is 2.51. The number of thiazole rings is 1. The summed E-state index contributed by atoms with van der Waals surface area (Å²) in [6.45, 7) is 3.28. The Bertz CT molecular complexity index is 986. The molecule has 1 aromatic carbocycles. The Morgan fingerprint density at radius 1 is 1.24 bits per heavy atom. The molecule has 0 fully saturated rings. The molecule has 0 saturated carbocycles. The fraction of sp³-hybridized carbons (Fsp3) is 0.235. The molecule has 0 atom stereocenters. The van der Waals surface area contributed by atoms with Crippen molar-refractivity contribution < 1.29 is 23.1 Å². The summed E-state index contributed by atoms with van der Waals surface area (Å²) >= 11 is 1.04. The van der Waals surface area contributed by atoms with Crippen molar-refractivity contribution in [2.45, 2.75) is 20.3 Å². The van der Waals surface area contributed by atoms with Crippen LogP contribution in [0.4, 0.5) is 13.2 Å². The molecule has 25 heavy (non-hydrogen) atoms. The molecule has 1 aliphatic carbocycles. The van der Waals surface area contributed by atoms with Gasteiger partial charge in [-0.3, -0.25) is 9.78 Å². The number of carbonyl (C=O) groups is 1. The summed E-state index contributed by atoms with van der Waals surface area (Å²) in [5.74, 6) is -4.05. The van der Waals surface area contributed by atoms with Crippen LogP contribution >= 0.6 is 11.3 Å². The molecule has 2 heterocycles. The quantitative estimate of drug-likeness (QED) is 0.546. The van der Waals surface area contributed by atoms with E-state index in [0.717, 1.165) is 28.2 Å². The number of carboxylic acids is 1. The number of benzene rings is 1. The van der Waals surface area contributed by atoms with E-state index < -0.39 is 23.4 Å². The molecule has 1 N–H and O–H groups in total. The number of aromatic nitrogens is 2. The average Bonchev–Trinajstić information content (AvgIpc) is 2.95. The molecule has 130 valence electrons. The van der Waals surface area contributed by atoms with Crippen molar-refractivity contribution in [2.24, 2.45) is 5.92 Å². The highest BCUT2D eigenvalue weighted by atomic mass is 32.1. The van der Waals surface area contributed by atoms with E-state index in [0.29, 0.717) is 17.5 Å². The van der Waals surface area contributed by atoms with E-state index in [-0.39, 0.29) is 16.1 Å². The summed E-state index contributed by atoms with van der Waals surface area (Å²) in [4.78, 5) is 17.8. The Morgan fingerprint density at radius 2 is 1.92 bits per heavy atom. The number of carboxylic acid groups (broad SMARTS) is 1. The lowest BCUT2D eigenvalue weighted by Crippen LogP contribution is -2.04. The highest BCUT2D eigenvalue weighted by Gasteiger charge is 2.22. The van der Waals surface area contributed by atoms with Gasteiger partial charge in [0.25, 0.3) is 0 Å². The number of hydrogen-bond acceptors (Lipinski definition) is 4. The summed E-state index contributed by atoms with van der Waals surface area (Å²) in [5.41, 5.74) is 2.80. The van der Waals surface area contributed by atoms with Gasteiger partial charge in [-0.1, -0.05) is 13.8 Å². The van der Waals surface area contributed by atoms with Crippen LogP contribution in [0.1, 0.15) is 24.4 Å². The fourth-order valence-electron chi connectivity index (χ4n) is 2.16. The summed E-state index contributed by atoms with van der Waals surface area (Å²) < 4.78 is 40.2. The number of halogens is 3. The summed E-state index contributed by atoms with van der Waals surface area (Å²) in [6.07, 6.45) is 2.22. The first-order chi connectivity index (χ1) is 11.8. The molecule has 2 aromatic rings. The van der Waals surface area contributed by atoms with Gasteiger partial charge in [0.05, 0.1) is 21.3 Å². The molecular weight excluding hydrogens is 353 g/mol. The van der Waals surface area contributed by atoms with Gasteiger partial charge < -0.3 is 5.11 Å². The van der Waals surface area contributed by atoms with Crippen LogP contribution in [-0.4, -0.2) is 21.0 Å². The third-order valence-electron chi connectivity index (χ3n) is 3.64. The lowest BCUT2D eigenvalue weighted by Gasteiger charge is -2.18. The third-order valence-corrected chi connectivity index (χ3v) is 4.70. The topological polar surface area (TPSA) is 63.1 Å². The number of hydrogen-bond donors (Lipinski definition) is 1. The molecule has 0 spiro atoms. The van der Waals surface area contributed by atoms with Gasteiger partial charge in [-0.05, 0) is 11.6 Å². The van der Waals surface area contributed by atoms with Crippen LogP contribution in [0.2, 0.25) is 0 Å². The smallest absolute Gasteiger partial charge is 0.305 e. The van der Waals surface area contributed by atoms with E-state index in [9.17, 15) is 18.0 Å². The summed E-state index contributed by atoms with van der Waals surface area (Å²) in [7, 11) is 0. The number of nitrogens with zero attached hydrogens (tertiary/aromatic N) is 2. The molecule has 0 amide bonds. The number of aliphatic carboxylic acids is 1. The minimum Gasteiger partial charge on any atom is -0.481 e. The predicted octanol–water partition coefficient (Wildman–Crippen LogP) is 4.41. The van der Waals surface area contributed by atoms with Gasteiger partial charge in [-0.25, -0.2) is 18.2 Å². The van der Waals surface area contributed by atoms with E-state index in [4.69, 9.17) is 5.11 Å². The van der Waals surface area contributed by atoms with E-state index in [2.05, 4.69) is 9.97 Å². The number of rotatable bonds is 3. The zero-order valence-electron chi connectivity index (χ0n) is 13.3. The van der Waals surface area contributed by atoms with Crippen molar-refractivity contribution >= 4 is 27.5 Å².